The van der Waals surface area contributed by atoms with E-state index in [1.165, 1.54) is 4.90 Å². The second kappa shape index (κ2) is 11.3. The minimum atomic E-state index is -0.782. The Morgan fingerprint density at radius 3 is 2.47 bits per heavy atom. The molecule has 3 rings (SSSR count). The van der Waals surface area contributed by atoms with E-state index in [1.807, 2.05) is 25.9 Å². The lowest BCUT2D eigenvalue weighted by Gasteiger charge is -2.26. The predicted octanol–water partition coefficient (Wildman–Crippen LogP) is 5.46. The van der Waals surface area contributed by atoms with Gasteiger partial charge in [-0.1, -0.05) is 42.6 Å². The Bertz CT molecular complexity index is 1110. The Balaban J connectivity index is 2.08. The zero-order valence-corrected chi connectivity index (χ0v) is 21.4. The van der Waals surface area contributed by atoms with Crippen molar-refractivity contribution in [2.24, 2.45) is 0 Å². The molecule has 0 aromatic heterocycles. The number of benzene rings is 2. The van der Waals surface area contributed by atoms with Crippen LogP contribution in [0.3, 0.4) is 0 Å². The van der Waals surface area contributed by atoms with E-state index in [1.54, 1.807) is 36.4 Å². The molecule has 0 radical (unpaired) electrons. The van der Waals surface area contributed by atoms with Crippen LogP contribution in [-0.2, 0) is 9.59 Å². The molecule has 1 heterocycles. The lowest BCUT2D eigenvalue weighted by molar-refractivity contribution is -0.140. The van der Waals surface area contributed by atoms with Crippen molar-refractivity contribution >= 4 is 40.7 Å². The van der Waals surface area contributed by atoms with Gasteiger partial charge in [-0.05, 0) is 68.9 Å². The summed E-state index contributed by atoms with van der Waals surface area (Å²) in [5.41, 5.74) is 1.90. The second-order valence-corrected chi connectivity index (χ2v) is 9.47. The van der Waals surface area contributed by atoms with Crippen molar-refractivity contribution in [1.82, 2.24) is 9.80 Å². The summed E-state index contributed by atoms with van der Waals surface area (Å²) in [4.78, 5) is 29.5. The van der Waals surface area contributed by atoms with Crippen molar-refractivity contribution in [3.8, 4) is 5.75 Å². The largest absolute Gasteiger partial charge is 0.507 e. The average molecular weight is 505 g/mol. The molecule has 0 aliphatic carbocycles. The number of amides is 1. The SMILES string of the molecule is CCCCOc1ccc(/C(O)=C2/C(=O)C(=O)N(CCN(C)C)C2c2ccc(Cl)c(Cl)c2)cc1C. The smallest absolute Gasteiger partial charge is 0.295 e. The number of Topliss-reactive ketones (excluding diaryl/α,β-unsaturated/α-hetero) is 1. The third kappa shape index (κ3) is 5.57. The van der Waals surface area contributed by atoms with Crippen molar-refractivity contribution in [2.75, 3.05) is 33.8 Å². The van der Waals surface area contributed by atoms with Gasteiger partial charge in [0.05, 0.1) is 28.3 Å². The molecule has 2 aromatic carbocycles. The number of rotatable bonds is 9. The zero-order valence-electron chi connectivity index (χ0n) is 19.9. The fourth-order valence-electron chi connectivity index (χ4n) is 3.89. The van der Waals surface area contributed by atoms with E-state index in [4.69, 9.17) is 27.9 Å². The summed E-state index contributed by atoms with van der Waals surface area (Å²) >= 11 is 12.4. The average Bonchev–Trinajstić information content (AvgIpc) is 3.05. The van der Waals surface area contributed by atoms with Crippen LogP contribution < -0.4 is 4.74 Å². The first-order valence-corrected chi connectivity index (χ1v) is 12.0. The van der Waals surface area contributed by atoms with E-state index >= 15 is 0 Å². The van der Waals surface area contributed by atoms with Crippen LogP contribution in [0, 0.1) is 6.92 Å². The molecule has 2 aromatic rings. The number of ether oxygens (including phenoxy) is 1. The highest BCUT2D eigenvalue weighted by Crippen LogP contribution is 2.41. The Morgan fingerprint density at radius 1 is 1.12 bits per heavy atom. The fraction of sp³-hybridized carbons (Fsp3) is 0.385. The molecule has 8 heteroatoms. The number of hydrogen-bond donors (Lipinski definition) is 1. The van der Waals surface area contributed by atoms with Crippen LogP contribution in [-0.4, -0.2) is 60.4 Å². The summed E-state index contributed by atoms with van der Waals surface area (Å²) in [7, 11) is 3.77. The number of hydrogen-bond acceptors (Lipinski definition) is 5. The van der Waals surface area contributed by atoms with Gasteiger partial charge in [0.15, 0.2) is 0 Å². The maximum absolute atomic E-state index is 13.1. The minimum absolute atomic E-state index is 0.0289. The minimum Gasteiger partial charge on any atom is -0.507 e. The summed E-state index contributed by atoms with van der Waals surface area (Å²) in [5, 5.41) is 11.9. The molecule has 1 saturated heterocycles. The van der Waals surface area contributed by atoms with Crippen molar-refractivity contribution in [2.45, 2.75) is 32.7 Å². The van der Waals surface area contributed by atoms with E-state index in [2.05, 4.69) is 6.92 Å². The van der Waals surface area contributed by atoms with Crippen LogP contribution in [0.25, 0.3) is 5.76 Å². The molecule has 182 valence electrons. The van der Waals surface area contributed by atoms with Crippen LogP contribution in [0.1, 0.15) is 42.5 Å². The Kier molecular flexibility index (Phi) is 8.63. The third-order valence-electron chi connectivity index (χ3n) is 5.79. The highest BCUT2D eigenvalue weighted by Gasteiger charge is 2.46. The quantitative estimate of drug-likeness (QED) is 0.212. The van der Waals surface area contributed by atoms with Gasteiger partial charge in [0.2, 0.25) is 0 Å². The molecule has 1 aliphatic rings. The molecule has 1 atom stereocenters. The van der Waals surface area contributed by atoms with E-state index in [0.717, 1.165) is 24.2 Å². The normalized spacial score (nSPS) is 17.6. The molecule has 1 aliphatic heterocycles. The van der Waals surface area contributed by atoms with Crippen LogP contribution in [0.15, 0.2) is 42.0 Å². The van der Waals surface area contributed by atoms with E-state index in [-0.39, 0.29) is 11.3 Å². The summed E-state index contributed by atoms with van der Waals surface area (Å²) < 4.78 is 5.80. The molecule has 1 fully saturated rings. The van der Waals surface area contributed by atoms with Gasteiger partial charge in [-0.25, -0.2) is 0 Å². The monoisotopic (exact) mass is 504 g/mol. The number of ketones is 1. The fourth-order valence-corrected chi connectivity index (χ4v) is 4.19. The van der Waals surface area contributed by atoms with Crippen molar-refractivity contribution in [1.29, 1.82) is 0 Å². The van der Waals surface area contributed by atoms with Crippen molar-refractivity contribution in [3.63, 3.8) is 0 Å². The molecule has 1 amide bonds. The molecule has 0 spiro atoms. The molecule has 1 N–H and O–H groups in total. The number of carbonyl (C=O) groups excluding carboxylic acids is 2. The van der Waals surface area contributed by atoms with Gasteiger partial charge in [-0.2, -0.15) is 0 Å². The lowest BCUT2D eigenvalue weighted by atomic mass is 9.94. The Labute approximate surface area is 210 Å². The van der Waals surface area contributed by atoms with Crippen LogP contribution >= 0.6 is 23.2 Å². The summed E-state index contributed by atoms with van der Waals surface area (Å²) in [6.45, 7) is 5.44. The maximum Gasteiger partial charge on any atom is 0.295 e. The number of nitrogens with zero attached hydrogens (tertiary/aromatic N) is 2. The van der Waals surface area contributed by atoms with Gasteiger partial charge in [0, 0.05) is 18.7 Å². The molecular formula is C26H30Cl2N2O4. The third-order valence-corrected chi connectivity index (χ3v) is 6.53. The molecular weight excluding hydrogens is 475 g/mol. The van der Waals surface area contributed by atoms with Gasteiger partial charge in [-0.15, -0.1) is 0 Å². The van der Waals surface area contributed by atoms with Crippen LogP contribution in [0.5, 0.6) is 5.75 Å². The summed E-state index contributed by atoms with van der Waals surface area (Å²) in [5.74, 6) is -0.897. The van der Waals surface area contributed by atoms with Crippen LogP contribution in [0.2, 0.25) is 10.0 Å². The molecule has 34 heavy (non-hydrogen) atoms. The predicted molar refractivity (Wildman–Crippen MR) is 136 cm³/mol. The second-order valence-electron chi connectivity index (χ2n) is 8.65. The van der Waals surface area contributed by atoms with Gasteiger partial charge in [0.1, 0.15) is 11.5 Å². The molecule has 6 nitrogen and oxygen atoms in total. The van der Waals surface area contributed by atoms with Crippen molar-refractivity contribution < 1.29 is 19.4 Å². The summed E-state index contributed by atoms with van der Waals surface area (Å²) in [6.07, 6.45) is 1.97. The maximum atomic E-state index is 13.1. The Morgan fingerprint density at radius 2 is 1.85 bits per heavy atom. The molecule has 0 bridgehead atoms. The number of unbranched alkanes of at least 4 members (excludes halogenated alkanes) is 1. The van der Waals surface area contributed by atoms with Gasteiger partial charge in [0.25, 0.3) is 11.7 Å². The van der Waals surface area contributed by atoms with Gasteiger partial charge in [-0.3, -0.25) is 9.59 Å². The number of aliphatic hydroxyl groups is 1. The number of aryl methyl sites for hydroxylation is 1. The first kappa shape index (κ1) is 26.1. The molecule has 0 saturated carbocycles. The summed E-state index contributed by atoms with van der Waals surface area (Å²) in [6, 6.07) is 9.42. The van der Waals surface area contributed by atoms with E-state index in [0.29, 0.717) is 40.9 Å². The van der Waals surface area contributed by atoms with Gasteiger partial charge < -0.3 is 19.6 Å². The number of likely N-dealkylation sites (tertiary alicyclic amines) is 1. The van der Waals surface area contributed by atoms with Gasteiger partial charge >= 0.3 is 0 Å². The first-order valence-electron chi connectivity index (χ1n) is 11.3. The van der Waals surface area contributed by atoms with E-state index in [9.17, 15) is 14.7 Å². The number of aliphatic hydroxyl groups excluding tert-OH is 1. The Hall–Kier alpha value is -2.54. The number of halogens is 2. The first-order chi connectivity index (χ1) is 16.1. The van der Waals surface area contributed by atoms with Crippen molar-refractivity contribution in [3.05, 3.63) is 68.7 Å². The topological polar surface area (TPSA) is 70.1 Å². The lowest BCUT2D eigenvalue weighted by Crippen LogP contribution is -2.35. The van der Waals surface area contributed by atoms with Crippen LogP contribution in [0.4, 0.5) is 0 Å². The standard InChI is InChI=1S/C26H30Cl2N2O4/c1-5-6-13-34-21-10-8-18(14-16(21)2)24(31)22-23(17-7-9-19(27)20(28)15-17)30(12-11-29(3)4)26(33)25(22)32/h7-10,14-15,23,31H,5-6,11-13H2,1-4H3/b24-22-. The highest BCUT2D eigenvalue weighted by molar-refractivity contribution is 6.46. The number of likely N-dealkylation sites (N-methyl/N-ethyl adjacent to an activating group) is 1. The highest BCUT2D eigenvalue weighted by atomic mass is 35.5. The molecule has 1 unspecified atom stereocenters. The van der Waals surface area contributed by atoms with E-state index < -0.39 is 17.7 Å². The number of carbonyl (C=O) groups is 2. The zero-order chi connectivity index (χ0) is 25.0.